The standard InChI is InChI=1S/C9H21NOS/c1-9(11)8-10-6-4-3-5-7-12-2/h9-11H,3-8H2,1-2H3/t9-/m0/s1. The van der Waals surface area contributed by atoms with Crippen LogP contribution < -0.4 is 5.32 Å². The summed E-state index contributed by atoms with van der Waals surface area (Å²) in [5.74, 6) is 1.27. The number of thioether (sulfide) groups is 1. The molecule has 0 aliphatic heterocycles. The maximum atomic E-state index is 8.93. The van der Waals surface area contributed by atoms with E-state index in [0.29, 0.717) is 0 Å². The van der Waals surface area contributed by atoms with Crippen LogP contribution in [0.3, 0.4) is 0 Å². The molecular formula is C9H21NOS. The largest absolute Gasteiger partial charge is 0.392 e. The Morgan fingerprint density at radius 3 is 2.67 bits per heavy atom. The van der Waals surface area contributed by atoms with Crippen LogP contribution in [0.2, 0.25) is 0 Å². The van der Waals surface area contributed by atoms with Crippen molar-refractivity contribution < 1.29 is 5.11 Å². The SMILES string of the molecule is CSCCCCCNC[C@H](C)O. The minimum atomic E-state index is -0.212. The number of aliphatic hydroxyl groups is 1. The molecule has 74 valence electrons. The van der Waals surface area contributed by atoms with Crippen molar-refractivity contribution in [1.29, 1.82) is 0 Å². The van der Waals surface area contributed by atoms with Crippen molar-refractivity contribution in [2.75, 3.05) is 25.1 Å². The van der Waals surface area contributed by atoms with Gasteiger partial charge in [0.2, 0.25) is 0 Å². The lowest BCUT2D eigenvalue weighted by Crippen LogP contribution is -2.25. The molecule has 0 saturated heterocycles. The number of rotatable bonds is 8. The predicted molar refractivity (Wildman–Crippen MR) is 56.8 cm³/mol. The van der Waals surface area contributed by atoms with E-state index in [2.05, 4.69) is 11.6 Å². The summed E-state index contributed by atoms with van der Waals surface area (Å²) in [5.41, 5.74) is 0. The monoisotopic (exact) mass is 191 g/mol. The molecule has 0 aromatic heterocycles. The van der Waals surface area contributed by atoms with Gasteiger partial charge in [0.1, 0.15) is 0 Å². The molecule has 0 spiro atoms. The van der Waals surface area contributed by atoms with Gasteiger partial charge in [-0.25, -0.2) is 0 Å². The van der Waals surface area contributed by atoms with Gasteiger partial charge in [-0.15, -0.1) is 0 Å². The van der Waals surface area contributed by atoms with E-state index >= 15 is 0 Å². The van der Waals surface area contributed by atoms with Crippen LogP contribution in [-0.2, 0) is 0 Å². The van der Waals surface area contributed by atoms with Gasteiger partial charge in [0.05, 0.1) is 6.10 Å². The first-order valence-corrected chi connectivity index (χ1v) is 6.04. The zero-order valence-electron chi connectivity index (χ0n) is 8.18. The predicted octanol–water partition coefficient (Wildman–Crippen LogP) is 1.49. The van der Waals surface area contributed by atoms with E-state index in [9.17, 15) is 0 Å². The van der Waals surface area contributed by atoms with E-state index in [4.69, 9.17) is 5.11 Å². The Morgan fingerprint density at radius 1 is 1.33 bits per heavy atom. The number of unbranched alkanes of at least 4 members (excludes halogenated alkanes) is 2. The number of hydrogen-bond donors (Lipinski definition) is 2. The van der Waals surface area contributed by atoms with Gasteiger partial charge in [0, 0.05) is 6.54 Å². The van der Waals surface area contributed by atoms with Gasteiger partial charge >= 0.3 is 0 Å². The quantitative estimate of drug-likeness (QED) is 0.570. The zero-order chi connectivity index (χ0) is 9.23. The topological polar surface area (TPSA) is 32.3 Å². The lowest BCUT2D eigenvalue weighted by atomic mass is 10.2. The van der Waals surface area contributed by atoms with Crippen molar-refractivity contribution in [2.24, 2.45) is 0 Å². The summed E-state index contributed by atoms with van der Waals surface area (Å²) in [6.07, 6.45) is 5.78. The molecular weight excluding hydrogens is 170 g/mol. The Bertz CT molecular complexity index is 88.6. The summed E-state index contributed by atoms with van der Waals surface area (Å²) >= 11 is 1.91. The first kappa shape index (κ1) is 12.3. The molecule has 2 N–H and O–H groups in total. The zero-order valence-corrected chi connectivity index (χ0v) is 8.99. The van der Waals surface area contributed by atoms with Crippen molar-refractivity contribution in [1.82, 2.24) is 5.32 Å². The van der Waals surface area contributed by atoms with E-state index < -0.39 is 0 Å². The molecule has 0 aromatic carbocycles. The fraction of sp³-hybridized carbons (Fsp3) is 1.00. The summed E-state index contributed by atoms with van der Waals surface area (Å²) in [7, 11) is 0. The Hall–Kier alpha value is 0.270. The van der Waals surface area contributed by atoms with E-state index in [1.165, 1.54) is 25.0 Å². The van der Waals surface area contributed by atoms with Crippen LogP contribution in [0.1, 0.15) is 26.2 Å². The van der Waals surface area contributed by atoms with Gasteiger partial charge in [-0.05, 0) is 38.3 Å². The fourth-order valence-corrected chi connectivity index (χ4v) is 1.48. The summed E-state index contributed by atoms with van der Waals surface area (Å²) < 4.78 is 0. The van der Waals surface area contributed by atoms with Crippen molar-refractivity contribution in [3.05, 3.63) is 0 Å². The maximum absolute atomic E-state index is 8.93. The van der Waals surface area contributed by atoms with Crippen LogP contribution in [-0.4, -0.2) is 36.3 Å². The van der Waals surface area contributed by atoms with E-state index in [-0.39, 0.29) is 6.10 Å². The summed E-state index contributed by atoms with van der Waals surface area (Å²) in [6, 6.07) is 0. The molecule has 0 aliphatic carbocycles. The average Bonchev–Trinajstić information content (AvgIpc) is 2.02. The van der Waals surface area contributed by atoms with E-state index in [0.717, 1.165) is 13.1 Å². The lowest BCUT2D eigenvalue weighted by molar-refractivity contribution is 0.191. The van der Waals surface area contributed by atoms with Crippen LogP contribution in [0.5, 0.6) is 0 Å². The molecule has 0 radical (unpaired) electrons. The summed E-state index contributed by atoms with van der Waals surface area (Å²) in [6.45, 7) is 3.57. The smallest absolute Gasteiger partial charge is 0.0636 e. The Morgan fingerprint density at radius 2 is 2.08 bits per heavy atom. The van der Waals surface area contributed by atoms with Gasteiger partial charge in [0.25, 0.3) is 0 Å². The number of hydrogen-bond acceptors (Lipinski definition) is 3. The highest BCUT2D eigenvalue weighted by molar-refractivity contribution is 7.98. The van der Waals surface area contributed by atoms with Crippen LogP contribution in [0, 0.1) is 0 Å². The molecule has 3 heteroatoms. The fourth-order valence-electron chi connectivity index (χ4n) is 0.984. The minimum absolute atomic E-state index is 0.212. The molecule has 0 saturated carbocycles. The lowest BCUT2D eigenvalue weighted by Gasteiger charge is -2.05. The molecule has 2 nitrogen and oxygen atoms in total. The molecule has 0 aromatic rings. The van der Waals surface area contributed by atoms with Gasteiger partial charge in [0.15, 0.2) is 0 Å². The van der Waals surface area contributed by atoms with Crippen LogP contribution in [0.4, 0.5) is 0 Å². The molecule has 0 bridgehead atoms. The first-order valence-electron chi connectivity index (χ1n) is 4.65. The Labute approximate surface area is 80.1 Å². The second kappa shape index (κ2) is 9.36. The highest BCUT2D eigenvalue weighted by Crippen LogP contribution is 2.00. The molecule has 1 atom stereocenters. The van der Waals surface area contributed by atoms with Crippen molar-refractivity contribution in [3.8, 4) is 0 Å². The van der Waals surface area contributed by atoms with Crippen LogP contribution >= 0.6 is 11.8 Å². The van der Waals surface area contributed by atoms with Crippen molar-refractivity contribution in [3.63, 3.8) is 0 Å². The highest BCUT2D eigenvalue weighted by atomic mass is 32.2. The third-order valence-corrected chi connectivity index (χ3v) is 2.34. The molecule has 0 fully saturated rings. The molecule has 0 heterocycles. The number of nitrogens with one attached hydrogen (secondary N) is 1. The minimum Gasteiger partial charge on any atom is -0.392 e. The van der Waals surface area contributed by atoms with Gasteiger partial charge in [-0.2, -0.15) is 11.8 Å². The molecule has 0 aliphatic rings. The third kappa shape index (κ3) is 10.3. The van der Waals surface area contributed by atoms with E-state index in [1.54, 1.807) is 6.92 Å². The average molecular weight is 191 g/mol. The Kier molecular flexibility index (Phi) is 9.57. The normalized spacial score (nSPS) is 13.2. The highest BCUT2D eigenvalue weighted by Gasteiger charge is 1.93. The van der Waals surface area contributed by atoms with Crippen molar-refractivity contribution in [2.45, 2.75) is 32.3 Å². The second-order valence-electron chi connectivity index (χ2n) is 3.11. The summed E-state index contributed by atoms with van der Waals surface area (Å²) in [5, 5.41) is 12.1. The summed E-state index contributed by atoms with van der Waals surface area (Å²) in [4.78, 5) is 0. The maximum Gasteiger partial charge on any atom is 0.0636 e. The molecule has 12 heavy (non-hydrogen) atoms. The second-order valence-corrected chi connectivity index (χ2v) is 4.09. The van der Waals surface area contributed by atoms with Crippen molar-refractivity contribution >= 4 is 11.8 Å². The first-order chi connectivity index (χ1) is 5.77. The molecule has 0 unspecified atom stereocenters. The van der Waals surface area contributed by atoms with Crippen LogP contribution in [0.15, 0.2) is 0 Å². The van der Waals surface area contributed by atoms with Gasteiger partial charge in [-0.3, -0.25) is 0 Å². The number of aliphatic hydroxyl groups excluding tert-OH is 1. The van der Waals surface area contributed by atoms with Gasteiger partial charge < -0.3 is 10.4 Å². The third-order valence-electron chi connectivity index (χ3n) is 1.64. The van der Waals surface area contributed by atoms with Crippen LogP contribution in [0.25, 0.3) is 0 Å². The van der Waals surface area contributed by atoms with Gasteiger partial charge in [-0.1, -0.05) is 6.42 Å². The Balaban J connectivity index is 2.82. The molecule has 0 amide bonds. The molecule has 0 rings (SSSR count). The van der Waals surface area contributed by atoms with E-state index in [1.807, 2.05) is 11.8 Å².